The molecule has 0 unspecified atom stereocenters. The van der Waals surface area contributed by atoms with E-state index in [4.69, 9.17) is 14.3 Å². The zero-order valence-electron chi connectivity index (χ0n) is 10.3. The van der Waals surface area contributed by atoms with Crippen molar-refractivity contribution in [2.75, 3.05) is 31.3 Å². The van der Waals surface area contributed by atoms with Crippen LogP contribution in [0.2, 0.25) is 0 Å². The molecule has 0 aromatic rings. The molecule has 0 aliphatic carbocycles. The molecule has 0 heterocycles. The second-order valence-electron chi connectivity index (χ2n) is 4.11. The molecule has 0 rings (SSSR count). The number of carbonyl (C=O) groups excluding carboxylic acids is 1. The van der Waals surface area contributed by atoms with Crippen molar-refractivity contribution in [3.05, 3.63) is 0 Å². The van der Waals surface area contributed by atoms with Gasteiger partial charge in [0, 0.05) is 11.5 Å². The zero-order chi connectivity index (χ0) is 12.6. The lowest BCUT2D eigenvalue weighted by Crippen LogP contribution is -2.35. The number of carbonyl (C=O) groups is 1. The third-order valence-corrected chi connectivity index (χ3v) is 1.83. The Hall–Kier alpha value is -0.0800. The molecule has 0 saturated heterocycles. The summed E-state index contributed by atoms with van der Waals surface area (Å²) in [6.45, 7) is 6.93. The molecular weight excluding hydrogens is 325 g/mol. The number of hydroxylamine groups is 2. The molecule has 0 aliphatic rings. The van der Waals surface area contributed by atoms with Gasteiger partial charge in [-0.25, -0.2) is 4.79 Å². The van der Waals surface area contributed by atoms with Gasteiger partial charge in [-0.1, -0.05) is 22.6 Å². The van der Waals surface area contributed by atoms with Gasteiger partial charge in [-0.3, -0.25) is 4.84 Å². The number of alkyl halides is 1. The van der Waals surface area contributed by atoms with Crippen molar-refractivity contribution in [1.29, 1.82) is 0 Å². The third kappa shape index (κ3) is 9.17. The van der Waals surface area contributed by atoms with Gasteiger partial charge < -0.3 is 9.47 Å². The summed E-state index contributed by atoms with van der Waals surface area (Å²) in [5.74, 6) is 0. The first-order valence-corrected chi connectivity index (χ1v) is 6.62. The van der Waals surface area contributed by atoms with Crippen LogP contribution >= 0.6 is 22.6 Å². The summed E-state index contributed by atoms with van der Waals surface area (Å²) in [5.41, 5.74) is -0.508. The van der Waals surface area contributed by atoms with Crippen LogP contribution < -0.4 is 0 Å². The Kier molecular flexibility index (Phi) is 8.04. The van der Waals surface area contributed by atoms with Crippen LogP contribution in [0.15, 0.2) is 0 Å². The van der Waals surface area contributed by atoms with Crippen LogP contribution in [0.25, 0.3) is 0 Å². The molecule has 96 valence electrons. The highest BCUT2D eigenvalue weighted by molar-refractivity contribution is 14.1. The van der Waals surface area contributed by atoms with Gasteiger partial charge in [0.05, 0.1) is 19.8 Å². The van der Waals surface area contributed by atoms with Gasteiger partial charge in [-0.05, 0) is 20.8 Å². The van der Waals surface area contributed by atoms with Crippen LogP contribution in [-0.2, 0) is 14.3 Å². The van der Waals surface area contributed by atoms with E-state index >= 15 is 0 Å². The Bertz CT molecular complexity index is 205. The van der Waals surface area contributed by atoms with E-state index in [1.807, 2.05) is 20.8 Å². The van der Waals surface area contributed by atoms with Crippen LogP contribution in [0, 0.1) is 0 Å². The Morgan fingerprint density at radius 2 is 1.88 bits per heavy atom. The largest absolute Gasteiger partial charge is 0.442 e. The normalized spacial score (nSPS) is 11.3. The lowest BCUT2D eigenvalue weighted by atomic mass is 10.2. The van der Waals surface area contributed by atoms with Crippen LogP contribution in [-0.4, -0.2) is 48.1 Å². The Morgan fingerprint density at radius 3 is 2.38 bits per heavy atom. The number of ether oxygens (including phenoxy) is 2. The number of hydrogen-bond donors (Lipinski definition) is 0. The molecule has 0 saturated carbocycles. The van der Waals surface area contributed by atoms with Crippen molar-refractivity contribution in [3.63, 3.8) is 0 Å². The molecule has 16 heavy (non-hydrogen) atoms. The molecule has 5 nitrogen and oxygen atoms in total. The minimum atomic E-state index is -0.508. The van der Waals surface area contributed by atoms with Gasteiger partial charge in [-0.15, -0.1) is 0 Å². The number of rotatable bonds is 6. The van der Waals surface area contributed by atoms with E-state index in [2.05, 4.69) is 22.6 Å². The SMILES string of the molecule is CN(OCCOCCI)C(=O)OC(C)(C)C. The van der Waals surface area contributed by atoms with Crippen molar-refractivity contribution < 1.29 is 19.1 Å². The molecule has 1 amide bonds. The molecular formula is C10H20INO4. The first-order valence-electron chi connectivity index (χ1n) is 5.10. The standard InChI is InChI=1S/C10H20INO4/c1-10(2,3)16-9(13)12(4)15-8-7-14-6-5-11/h5-8H2,1-4H3. The minimum Gasteiger partial charge on any atom is -0.442 e. The van der Waals surface area contributed by atoms with Crippen molar-refractivity contribution in [2.24, 2.45) is 0 Å². The summed E-state index contributed by atoms with van der Waals surface area (Å²) in [6, 6.07) is 0. The van der Waals surface area contributed by atoms with Crippen molar-refractivity contribution in [1.82, 2.24) is 5.06 Å². The maximum Gasteiger partial charge on any atom is 0.434 e. The van der Waals surface area contributed by atoms with Crippen LogP contribution in [0.4, 0.5) is 4.79 Å². The first kappa shape index (κ1) is 15.9. The molecule has 0 aliphatic heterocycles. The summed E-state index contributed by atoms with van der Waals surface area (Å²) in [6.07, 6.45) is -0.499. The fraction of sp³-hybridized carbons (Fsp3) is 0.900. The summed E-state index contributed by atoms with van der Waals surface area (Å²) >= 11 is 2.23. The van der Waals surface area contributed by atoms with E-state index < -0.39 is 11.7 Å². The van der Waals surface area contributed by atoms with Gasteiger partial charge in [0.2, 0.25) is 0 Å². The fourth-order valence-electron chi connectivity index (χ4n) is 0.769. The Labute approximate surface area is 111 Å². The number of hydrogen-bond acceptors (Lipinski definition) is 4. The third-order valence-electron chi connectivity index (χ3n) is 1.38. The molecule has 6 heteroatoms. The smallest absolute Gasteiger partial charge is 0.434 e. The summed E-state index contributed by atoms with van der Waals surface area (Å²) in [5, 5.41) is 1.08. The maximum absolute atomic E-state index is 11.4. The highest BCUT2D eigenvalue weighted by Crippen LogP contribution is 2.08. The Morgan fingerprint density at radius 1 is 1.25 bits per heavy atom. The molecule has 0 N–H and O–H groups in total. The monoisotopic (exact) mass is 345 g/mol. The van der Waals surface area contributed by atoms with Crippen LogP contribution in [0.1, 0.15) is 20.8 Å². The van der Waals surface area contributed by atoms with E-state index in [9.17, 15) is 4.79 Å². The first-order chi connectivity index (χ1) is 7.37. The lowest BCUT2D eigenvalue weighted by Gasteiger charge is -2.23. The minimum absolute atomic E-state index is 0.340. The zero-order valence-corrected chi connectivity index (χ0v) is 12.4. The molecule has 0 aromatic carbocycles. The number of amides is 1. The van der Waals surface area contributed by atoms with Gasteiger partial charge in [0.15, 0.2) is 0 Å². The molecule has 0 spiro atoms. The van der Waals surface area contributed by atoms with Crippen molar-refractivity contribution in [3.8, 4) is 0 Å². The van der Waals surface area contributed by atoms with Crippen molar-refractivity contribution in [2.45, 2.75) is 26.4 Å². The summed E-state index contributed by atoms with van der Waals surface area (Å²) in [7, 11) is 1.52. The lowest BCUT2D eigenvalue weighted by molar-refractivity contribution is -0.141. The second kappa shape index (κ2) is 8.08. The highest BCUT2D eigenvalue weighted by Gasteiger charge is 2.19. The van der Waals surface area contributed by atoms with E-state index in [1.165, 1.54) is 7.05 Å². The van der Waals surface area contributed by atoms with E-state index in [1.54, 1.807) is 0 Å². The van der Waals surface area contributed by atoms with Gasteiger partial charge >= 0.3 is 6.09 Å². The van der Waals surface area contributed by atoms with Gasteiger partial charge in [0.1, 0.15) is 5.60 Å². The molecule has 0 aromatic heterocycles. The van der Waals surface area contributed by atoms with Crippen LogP contribution in [0.5, 0.6) is 0 Å². The molecule has 0 fully saturated rings. The fourth-order valence-corrected chi connectivity index (χ4v) is 1.08. The molecule has 0 bridgehead atoms. The van der Waals surface area contributed by atoms with Gasteiger partial charge in [0.25, 0.3) is 0 Å². The van der Waals surface area contributed by atoms with E-state index in [-0.39, 0.29) is 0 Å². The average molecular weight is 345 g/mol. The highest BCUT2D eigenvalue weighted by atomic mass is 127. The topological polar surface area (TPSA) is 48.0 Å². The van der Waals surface area contributed by atoms with Crippen molar-refractivity contribution >= 4 is 28.7 Å². The predicted octanol–water partition coefficient (Wildman–Crippen LogP) is 2.24. The molecule has 0 atom stereocenters. The van der Waals surface area contributed by atoms with E-state index in [0.717, 1.165) is 9.49 Å². The quantitative estimate of drug-likeness (QED) is 0.321. The molecule has 0 radical (unpaired) electrons. The predicted molar refractivity (Wildman–Crippen MR) is 69.7 cm³/mol. The average Bonchev–Trinajstić information content (AvgIpc) is 2.14. The van der Waals surface area contributed by atoms with Crippen LogP contribution in [0.3, 0.4) is 0 Å². The van der Waals surface area contributed by atoms with E-state index in [0.29, 0.717) is 19.8 Å². The summed E-state index contributed by atoms with van der Waals surface area (Å²) < 4.78 is 11.2. The number of nitrogens with zero attached hydrogens (tertiary/aromatic N) is 1. The summed E-state index contributed by atoms with van der Waals surface area (Å²) in [4.78, 5) is 16.5. The van der Waals surface area contributed by atoms with Gasteiger partial charge in [-0.2, -0.15) is 5.06 Å². The Balaban J connectivity index is 3.64. The second-order valence-corrected chi connectivity index (χ2v) is 5.19. The maximum atomic E-state index is 11.4. The number of halogens is 1.